The molecule has 0 amide bonds. The summed E-state index contributed by atoms with van der Waals surface area (Å²) in [6.45, 7) is 2.85. The first-order chi connectivity index (χ1) is 9.28. The third-order valence-electron chi connectivity index (χ3n) is 3.83. The standard InChI is InChI=1S/C14H18ClNO3/c15-12-4-10(6-16-3-1-2-13(16)7-17)14-11(5-12)8-18-9-19-14/h4-5,13,17H,1-3,6-9H2/t13-/m0/s1. The van der Waals surface area contributed by atoms with Crippen LogP contribution >= 0.6 is 11.6 Å². The predicted molar refractivity (Wildman–Crippen MR) is 72.3 cm³/mol. The molecule has 4 nitrogen and oxygen atoms in total. The Bertz CT molecular complexity index is 466. The second kappa shape index (κ2) is 5.67. The number of likely N-dealkylation sites (tertiary alicyclic amines) is 1. The number of halogens is 1. The number of aliphatic hydroxyl groups excluding tert-OH is 1. The van der Waals surface area contributed by atoms with Crippen LogP contribution in [0.4, 0.5) is 0 Å². The van der Waals surface area contributed by atoms with Crippen LogP contribution in [-0.2, 0) is 17.9 Å². The van der Waals surface area contributed by atoms with E-state index in [0.717, 1.165) is 42.8 Å². The highest BCUT2D eigenvalue weighted by Gasteiger charge is 2.26. The summed E-state index contributed by atoms with van der Waals surface area (Å²) < 4.78 is 10.9. The van der Waals surface area contributed by atoms with E-state index in [2.05, 4.69) is 4.90 Å². The fraction of sp³-hybridized carbons (Fsp3) is 0.571. The van der Waals surface area contributed by atoms with E-state index >= 15 is 0 Å². The highest BCUT2D eigenvalue weighted by atomic mass is 35.5. The first-order valence-electron chi connectivity index (χ1n) is 6.64. The molecule has 0 bridgehead atoms. The van der Waals surface area contributed by atoms with Crippen molar-refractivity contribution in [2.45, 2.75) is 32.0 Å². The molecule has 0 aromatic heterocycles. The van der Waals surface area contributed by atoms with Gasteiger partial charge in [-0.2, -0.15) is 0 Å². The molecule has 5 heteroatoms. The van der Waals surface area contributed by atoms with Crippen LogP contribution in [0.25, 0.3) is 0 Å². The Hall–Kier alpha value is -0.810. The van der Waals surface area contributed by atoms with Crippen molar-refractivity contribution in [1.29, 1.82) is 0 Å². The molecule has 2 heterocycles. The van der Waals surface area contributed by atoms with Gasteiger partial charge in [0.1, 0.15) is 5.75 Å². The second-order valence-electron chi connectivity index (χ2n) is 5.11. The molecule has 0 radical (unpaired) electrons. The Morgan fingerprint density at radius 3 is 3.16 bits per heavy atom. The molecule has 0 aliphatic carbocycles. The molecule has 1 fully saturated rings. The minimum Gasteiger partial charge on any atom is -0.467 e. The van der Waals surface area contributed by atoms with Crippen molar-refractivity contribution in [2.24, 2.45) is 0 Å². The van der Waals surface area contributed by atoms with Gasteiger partial charge in [-0.15, -0.1) is 0 Å². The Labute approximate surface area is 117 Å². The molecule has 0 spiro atoms. The van der Waals surface area contributed by atoms with Gasteiger partial charge in [0.25, 0.3) is 0 Å². The van der Waals surface area contributed by atoms with Crippen molar-refractivity contribution in [2.75, 3.05) is 19.9 Å². The van der Waals surface area contributed by atoms with E-state index < -0.39 is 0 Å². The summed E-state index contributed by atoms with van der Waals surface area (Å²) >= 11 is 6.16. The fourth-order valence-electron chi connectivity index (χ4n) is 2.90. The van der Waals surface area contributed by atoms with Gasteiger partial charge in [0.05, 0.1) is 13.2 Å². The number of aliphatic hydroxyl groups is 1. The van der Waals surface area contributed by atoms with Crippen LogP contribution in [0.2, 0.25) is 5.02 Å². The van der Waals surface area contributed by atoms with Gasteiger partial charge in [0, 0.05) is 28.7 Å². The molecule has 1 saturated heterocycles. The molecular formula is C14H18ClNO3. The van der Waals surface area contributed by atoms with Crippen molar-refractivity contribution < 1.29 is 14.6 Å². The third kappa shape index (κ3) is 2.72. The van der Waals surface area contributed by atoms with E-state index in [0.29, 0.717) is 18.4 Å². The van der Waals surface area contributed by atoms with E-state index in [4.69, 9.17) is 21.1 Å². The summed E-state index contributed by atoms with van der Waals surface area (Å²) in [4.78, 5) is 2.30. The quantitative estimate of drug-likeness (QED) is 0.923. The maximum Gasteiger partial charge on any atom is 0.189 e. The molecule has 104 valence electrons. The van der Waals surface area contributed by atoms with Crippen LogP contribution in [0.1, 0.15) is 24.0 Å². The maximum absolute atomic E-state index is 9.39. The van der Waals surface area contributed by atoms with Gasteiger partial charge in [0.2, 0.25) is 0 Å². The zero-order valence-electron chi connectivity index (χ0n) is 10.8. The lowest BCUT2D eigenvalue weighted by Crippen LogP contribution is -2.32. The van der Waals surface area contributed by atoms with Crippen LogP contribution in [0.3, 0.4) is 0 Å². The van der Waals surface area contributed by atoms with E-state index in [1.807, 2.05) is 12.1 Å². The summed E-state index contributed by atoms with van der Waals surface area (Å²) in [7, 11) is 0. The zero-order valence-corrected chi connectivity index (χ0v) is 11.5. The molecule has 1 N–H and O–H groups in total. The molecule has 1 atom stereocenters. The largest absolute Gasteiger partial charge is 0.467 e. The predicted octanol–water partition coefficient (Wildman–Crippen LogP) is 2.16. The summed E-state index contributed by atoms with van der Waals surface area (Å²) in [5.74, 6) is 0.902. The minimum absolute atomic E-state index is 0.215. The van der Waals surface area contributed by atoms with Gasteiger partial charge in [-0.05, 0) is 31.5 Å². The Morgan fingerprint density at radius 2 is 2.32 bits per heavy atom. The molecule has 2 aliphatic heterocycles. The number of ether oxygens (including phenoxy) is 2. The van der Waals surface area contributed by atoms with Crippen molar-refractivity contribution >= 4 is 11.6 Å². The maximum atomic E-state index is 9.39. The molecule has 1 aromatic rings. The van der Waals surface area contributed by atoms with Crippen LogP contribution in [0.15, 0.2) is 12.1 Å². The number of benzene rings is 1. The normalized spacial score (nSPS) is 23.2. The van der Waals surface area contributed by atoms with Crippen molar-refractivity contribution in [3.05, 3.63) is 28.3 Å². The first-order valence-corrected chi connectivity index (χ1v) is 7.02. The summed E-state index contributed by atoms with van der Waals surface area (Å²) in [5.41, 5.74) is 2.10. The molecule has 0 saturated carbocycles. The van der Waals surface area contributed by atoms with Gasteiger partial charge in [-0.1, -0.05) is 11.6 Å². The lowest BCUT2D eigenvalue weighted by molar-refractivity contribution is -0.0175. The first kappa shape index (κ1) is 13.2. The van der Waals surface area contributed by atoms with Gasteiger partial charge in [-0.3, -0.25) is 4.90 Å². The molecule has 1 aromatic carbocycles. The minimum atomic E-state index is 0.215. The van der Waals surface area contributed by atoms with Gasteiger partial charge in [0.15, 0.2) is 6.79 Å². The Kier molecular flexibility index (Phi) is 3.93. The smallest absolute Gasteiger partial charge is 0.189 e. The van der Waals surface area contributed by atoms with E-state index in [1.54, 1.807) is 0 Å². The Balaban J connectivity index is 1.85. The van der Waals surface area contributed by atoms with E-state index in [1.165, 1.54) is 0 Å². The van der Waals surface area contributed by atoms with Crippen molar-refractivity contribution in [1.82, 2.24) is 4.90 Å². The third-order valence-corrected chi connectivity index (χ3v) is 4.05. The van der Waals surface area contributed by atoms with E-state index in [9.17, 15) is 5.11 Å². The lowest BCUT2D eigenvalue weighted by Gasteiger charge is -2.26. The summed E-state index contributed by atoms with van der Waals surface area (Å²) in [6.07, 6.45) is 2.20. The van der Waals surface area contributed by atoms with Crippen LogP contribution < -0.4 is 4.74 Å². The average molecular weight is 284 g/mol. The van der Waals surface area contributed by atoms with Crippen molar-refractivity contribution in [3.63, 3.8) is 0 Å². The Morgan fingerprint density at radius 1 is 1.42 bits per heavy atom. The molecular weight excluding hydrogens is 266 g/mol. The molecule has 0 unspecified atom stereocenters. The highest BCUT2D eigenvalue weighted by Crippen LogP contribution is 2.33. The topological polar surface area (TPSA) is 41.9 Å². The van der Waals surface area contributed by atoms with E-state index in [-0.39, 0.29) is 12.6 Å². The monoisotopic (exact) mass is 283 g/mol. The number of rotatable bonds is 3. The fourth-order valence-corrected chi connectivity index (χ4v) is 3.17. The molecule has 19 heavy (non-hydrogen) atoms. The zero-order chi connectivity index (χ0) is 13.2. The van der Waals surface area contributed by atoms with Gasteiger partial charge < -0.3 is 14.6 Å². The number of hydrogen-bond acceptors (Lipinski definition) is 4. The van der Waals surface area contributed by atoms with Gasteiger partial charge in [-0.25, -0.2) is 0 Å². The SMILES string of the molecule is OC[C@@H]1CCCN1Cc1cc(Cl)cc2c1OCOC2. The highest BCUT2D eigenvalue weighted by molar-refractivity contribution is 6.30. The number of nitrogens with zero attached hydrogens (tertiary/aromatic N) is 1. The lowest BCUT2D eigenvalue weighted by atomic mass is 10.1. The molecule has 2 aliphatic rings. The second-order valence-corrected chi connectivity index (χ2v) is 5.55. The number of hydrogen-bond donors (Lipinski definition) is 1. The van der Waals surface area contributed by atoms with Crippen LogP contribution in [0, 0.1) is 0 Å². The van der Waals surface area contributed by atoms with Gasteiger partial charge >= 0.3 is 0 Å². The molecule has 3 rings (SSSR count). The summed E-state index contributed by atoms with van der Waals surface area (Å²) in [5, 5.41) is 10.1. The summed E-state index contributed by atoms with van der Waals surface area (Å²) in [6, 6.07) is 4.11. The average Bonchev–Trinajstić information content (AvgIpc) is 2.86. The number of fused-ring (bicyclic) bond motifs is 1. The van der Waals surface area contributed by atoms with Crippen LogP contribution in [-0.4, -0.2) is 36.0 Å². The van der Waals surface area contributed by atoms with Crippen LogP contribution in [0.5, 0.6) is 5.75 Å². The van der Waals surface area contributed by atoms with Crippen molar-refractivity contribution in [3.8, 4) is 5.75 Å².